The standard InChI is InChI=1S/C18H14S7/c1-11-12(2)24-18(23-11)14(10-17-21-7-8-22-17)15-4-3-13(25-15)9-16-19-5-6-20-16/h3-10H,1-2H3. The highest BCUT2D eigenvalue weighted by atomic mass is 32.2. The first-order valence-corrected chi connectivity index (χ1v) is 13.4. The zero-order valence-corrected chi connectivity index (χ0v) is 19.2. The average molecular weight is 455 g/mol. The van der Waals surface area contributed by atoms with Crippen molar-refractivity contribution in [3.05, 3.63) is 72.1 Å². The van der Waals surface area contributed by atoms with Crippen LogP contribution >= 0.6 is 81.9 Å². The third kappa shape index (κ3) is 4.57. The highest BCUT2D eigenvalue weighted by molar-refractivity contribution is 8.29. The molecule has 0 amide bonds. The molecular formula is C18H14S7. The van der Waals surface area contributed by atoms with Crippen LogP contribution in [0.5, 0.6) is 0 Å². The Balaban J connectivity index is 1.67. The molecule has 3 aliphatic rings. The van der Waals surface area contributed by atoms with Gasteiger partial charge in [0.2, 0.25) is 0 Å². The predicted molar refractivity (Wildman–Crippen MR) is 129 cm³/mol. The Morgan fingerprint density at radius 1 is 0.800 bits per heavy atom. The Bertz CT molecular complexity index is 841. The van der Waals surface area contributed by atoms with Crippen molar-refractivity contribution < 1.29 is 0 Å². The number of thioether (sulfide) groups is 6. The zero-order chi connectivity index (χ0) is 17.2. The van der Waals surface area contributed by atoms with Crippen molar-refractivity contribution in [2.24, 2.45) is 0 Å². The van der Waals surface area contributed by atoms with E-state index in [1.165, 1.54) is 37.8 Å². The summed E-state index contributed by atoms with van der Waals surface area (Å²) in [7, 11) is 0. The van der Waals surface area contributed by atoms with Gasteiger partial charge in [-0.15, -0.1) is 11.3 Å². The Labute approximate surface area is 178 Å². The number of allylic oxidation sites excluding steroid dienone is 4. The molecule has 0 saturated heterocycles. The van der Waals surface area contributed by atoms with E-state index in [1.54, 1.807) is 23.5 Å². The number of rotatable bonds is 3. The molecule has 0 unspecified atom stereocenters. The summed E-state index contributed by atoms with van der Waals surface area (Å²) in [5, 5.41) is 8.61. The van der Waals surface area contributed by atoms with Crippen molar-refractivity contribution in [2.75, 3.05) is 0 Å². The highest BCUT2D eigenvalue weighted by Gasteiger charge is 2.20. The average Bonchev–Trinajstić information content (AvgIpc) is 3.36. The molecule has 0 aromatic carbocycles. The largest absolute Gasteiger partial charge is 0.136 e. The number of thiophene rings is 1. The Hall–Kier alpha value is 0.240. The molecule has 25 heavy (non-hydrogen) atoms. The Kier molecular flexibility index (Phi) is 6.32. The molecule has 7 heteroatoms. The fraction of sp³-hybridized carbons (Fsp3) is 0.111. The first-order chi connectivity index (χ1) is 12.2. The number of hydrogen-bond acceptors (Lipinski definition) is 7. The smallest absolute Gasteiger partial charge is 0.0579 e. The van der Waals surface area contributed by atoms with Gasteiger partial charge in [-0.05, 0) is 69.6 Å². The van der Waals surface area contributed by atoms with Crippen LogP contribution in [0, 0.1) is 0 Å². The molecular weight excluding hydrogens is 441 g/mol. The van der Waals surface area contributed by atoms with Crippen molar-refractivity contribution in [1.29, 1.82) is 0 Å². The Morgan fingerprint density at radius 3 is 2.04 bits per heavy atom. The van der Waals surface area contributed by atoms with Crippen LogP contribution < -0.4 is 0 Å². The highest BCUT2D eigenvalue weighted by Crippen LogP contribution is 2.53. The summed E-state index contributed by atoms with van der Waals surface area (Å²) in [6.07, 6.45) is 4.66. The van der Waals surface area contributed by atoms with Crippen molar-refractivity contribution in [2.45, 2.75) is 13.8 Å². The lowest BCUT2D eigenvalue weighted by Crippen LogP contribution is -1.79. The summed E-state index contributed by atoms with van der Waals surface area (Å²) >= 11 is 12.9. The van der Waals surface area contributed by atoms with Crippen LogP contribution in [0.25, 0.3) is 11.6 Å². The van der Waals surface area contributed by atoms with Crippen molar-refractivity contribution in [3.8, 4) is 0 Å². The third-order valence-corrected chi connectivity index (χ3v) is 11.2. The van der Waals surface area contributed by atoms with Gasteiger partial charge in [-0.3, -0.25) is 0 Å². The molecule has 0 fully saturated rings. The van der Waals surface area contributed by atoms with Crippen LogP contribution in [-0.4, -0.2) is 0 Å². The van der Waals surface area contributed by atoms with Crippen molar-refractivity contribution in [1.82, 2.24) is 0 Å². The number of hydrogen-bond donors (Lipinski definition) is 0. The van der Waals surface area contributed by atoms with E-state index < -0.39 is 0 Å². The molecule has 0 aliphatic carbocycles. The van der Waals surface area contributed by atoms with Crippen molar-refractivity contribution >= 4 is 93.6 Å². The zero-order valence-electron chi connectivity index (χ0n) is 13.5. The molecule has 0 bridgehead atoms. The molecule has 0 radical (unpaired) electrons. The van der Waals surface area contributed by atoms with Gasteiger partial charge in [0.1, 0.15) is 0 Å². The minimum atomic E-state index is 1.32. The summed E-state index contributed by atoms with van der Waals surface area (Å²) < 4.78 is 4.11. The molecule has 1 aromatic rings. The molecule has 0 atom stereocenters. The van der Waals surface area contributed by atoms with Gasteiger partial charge in [0.15, 0.2) is 0 Å². The minimum Gasteiger partial charge on any atom is -0.136 e. The Morgan fingerprint density at radius 2 is 1.40 bits per heavy atom. The van der Waals surface area contributed by atoms with Gasteiger partial charge >= 0.3 is 0 Å². The molecule has 0 spiro atoms. The second-order valence-corrected chi connectivity index (χ2v) is 13.3. The molecule has 0 N–H and O–H groups in total. The first kappa shape index (κ1) is 18.6. The summed E-state index contributed by atoms with van der Waals surface area (Å²) in [5.74, 6) is 0. The molecule has 128 valence electrons. The SMILES string of the molecule is CC1=C(C)SC(=C(C=C2SC=CS2)c2ccc(C=C3SC=CS3)s2)S1. The van der Waals surface area contributed by atoms with Crippen LogP contribution in [0.15, 0.2) is 62.4 Å². The summed E-state index contributed by atoms with van der Waals surface area (Å²) in [4.78, 5) is 5.52. The van der Waals surface area contributed by atoms with E-state index in [9.17, 15) is 0 Å². The maximum absolute atomic E-state index is 2.36. The molecule has 4 heterocycles. The summed E-state index contributed by atoms with van der Waals surface area (Å²) in [5.41, 5.74) is 1.37. The van der Waals surface area contributed by atoms with E-state index in [1.807, 2.05) is 58.4 Å². The fourth-order valence-electron chi connectivity index (χ4n) is 2.16. The van der Waals surface area contributed by atoms with Crippen LogP contribution in [-0.2, 0) is 0 Å². The predicted octanol–water partition coefficient (Wildman–Crippen LogP) is 9.19. The second kappa shape index (κ2) is 8.50. The van der Waals surface area contributed by atoms with Gasteiger partial charge in [-0.2, -0.15) is 0 Å². The normalized spacial score (nSPS) is 19.5. The lowest BCUT2D eigenvalue weighted by molar-refractivity contribution is 1.57. The monoisotopic (exact) mass is 454 g/mol. The van der Waals surface area contributed by atoms with Crippen LogP contribution in [0.2, 0.25) is 0 Å². The first-order valence-electron chi connectivity index (χ1n) is 7.47. The van der Waals surface area contributed by atoms with Gasteiger partial charge in [-0.25, -0.2) is 0 Å². The summed E-state index contributed by atoms with van der Waals surface area (Å²) in [6, 6.07) is 4.52. The van der Waals surface area contributed by atoms with Gasteiger partial charge in [0, 0.05) is 19.6 Å². The van der Waals surface area contributed by atoms with E-state index in [2.05, 4.69) is 59.8 Å². The minimum absolute atomic E-state index is 1.32. The fourth-order valence-corrected chi connectivity index (χ4v) is 9.28. The maximum atomic E-state index is 2.36. The van der Waals surface area contributed by atoms with Gasteiger partial charge < -0.3 is 0 Å². The van der Waals surface area contributed by atoms with Gasteiger partial charge in [0.25, 0.3) is 0 Å². The molecule has 4 rings (SSSR count). The molecule has 1 aromatic heterocycles. The maximum Gasteiger partial charge on any atom is 0.0579 e. The molecule has 3 aliphatic heterocycles. The van der Waals surface area contributed by atoms with E-state index in [0.717, 1.165) is 0 Å². The van der Waals surface area contributed by atoms with E-state index >= 15 is 0 Å². The molecule has 0 saturated carbocycles. The second-order valence-electron chi connectivity index (χ2n) is 5.16. The van der Waals surface area contributed by atoms with E-state index in [-0.39, 0.29) is 0 Å². The van der Waals surface area contributed by atoms with Crippen LogP contribution in [0.4, 0.5) is 0 Å². The lowest BCUT2D eigenvalue weighted by Gasteiger charge is -2.06. The van der Waals surface area contributed by atoms with E-state index in [0.29, 0.717) is 0 Å². The quantitative estimate of drug-likeness (QED) is 0.443. The summed E-state index contributed by atoms with van der Waals surface area (Å²) in [6.45, 7) is 4.44. The third-order valence-electron chi connectivity index (χ3n) is 3.47. The molecule has 0 nitrogen and oxygen atoms in total. The van der Waals surface area contributed by atoms with Crippen molar-refractivity contribution in [3.63, 3.8) is 0 Å². The van der Waals surface area contributed by atoms with Gasteiger partial charge in [-0.1, -0.05) is 70.6 Å². The van der Waals surface area contributed by atoms with Crippen LogP contribution in [0.3, 0.4) is 0 Å². The lowest BCUT2D eigenvalue weighted by atomic mass is 10.2. The topological polar surface area (TPSA) is 0 Å². The van der Waals surface area contributed by atoms with E-state index in [4.69, 9.17) is 0 Å². The van der Waals surface area contributed by atoms with Crippen LogP contribution in [0.1, 0.15) is 23.6 Å². The van der Waals surface area contributed by atoms with Gasteiger partial charge in [0.05, 0.1) is 8.47 Å².